The summed E-state index contributed by atoms with van der Waals surface area (Å²) in [4.78, 5) is 0. The van der Waals surface area contributed by atoms with Crippen LogP contribution >= 0.6 is 23.2 Å². The smallest absolute Gasteiger partial charge is 0.0595 e. The molecule has 1 rings (SSSR count). The van der Waals surface area contributed by atoms with E-state index in [1.807, 2.05) is 6.07 Å². The van der Waals surface area contributed by atoms with Crippen LogP contribution in [-0.2, 0) is 0 Å². The molecule has 0 fully saturated rings. The highest BCUT2D eigenvalue weighted by Gasteiger charge is 2.03. The predicted molar refractivity (Wildman–Crippen MR) is 53.6 cm³/mol. The lowest BCUT2D eigenvalue weighted by atomic mass is 10.1. The third kappa shape index (κ3) is 2.01. The number of nitrogens with two attached hydrogens (primary N) is 1. The van der Waals surface area contributed by atoms with Crippen LogP contribution in [0.2, 0.25) is 10.0 Å². The first-order valence-corrected chi connectivity index (χ1v) is 4.24. The van der Waals surface area contributed by atoms with Gasteiger partial charge in [0.05, 0.1) is 10.0 Å². The zero-order valence-corrected chi connectivity index (χ0v) is 7.94. The van der Waals surface area contributed by atoms with Gasteiger partial charge in [-0.25, -0.2) is 0 Å². The van der Waals surface area contributed by atoms with Gasteiger partial charge in [0.1, 0.15) is 0 Å². The van der Waals surface area contributed by atoms with Gasteiger partial charge in [0, 0.05) is 6.04 Å². The summed E-state index contributed by atoms with van der Waals surface area (Å²) in [5.74, 6) is 0. The molecule has 0 bridgehead atoms. The van der Waals surface area contributed by atoms with Gasteiger partial charge >= 0.3 is 0 Å². The first-order valence-electron chi connectivity index (χ1n) is 3.48. The second-order valence-corrected chi connectivity index (χ2v) is 3.25. The van der Waals surface area contributed by atoms with Crippen molar-refractivity contribution < 1.29 is 0 Å². The van der Waals surface area contributed by atoms with Gasteiger partial charge in [0.2, 0.25) is 0 Å². The van der Waals surface area contributed by atoms with Gasteiger partial charge in [-0.05, 0) is 17.7 Å². The van der Waals surface area contributed by atoms with Crippen molar-refractivity contribution in [2.45, 2.75) is 6.04 Å². The van der Waals surface area contributed by atoms with E-state index in [0.29, 0.717) is 10.0 Å². The first-order chi connectivity index (χ1) is 5.65. The average molecular weight is 202 g/mol. The number of rotatable bonds is 2. The van der Waals surface area contributed by atoms with Gasteiger partial charge in [-0.15, -0.1) is 6.58 Å². The molecule has 0 heterocycles. The molecule has 0 aliphatic carbocycles. The third-order valence-corrected chi connectivity index (χ3v) is 2.32. The molecule has 1 atom stereocenters. The molecule has 0 aliphatic heterocycles. The molecule has 0 spiro atoms. The topological polar surface area (TPSA) is 26.0 Å². The minimum atomic E-state index is -0.181. The molecule has 12 heavy (non-hydrogen) atoms. The maximum atomic E-state index is 5.79. The van der Waals surface area contributed by atoms with Crippen molar-refractivity contribution in [2.75, 3.05) is 0 Å². The maximum Gasteiger partial charge on any atom is 0.0595 e. The van der Waals surface area contributed by atoms with E-state index in [9.17, 15) is 0 Å². The molecule has 1 unspecified atom stereocenters. The van der Waals surface area contributed by atoms with Crippen molar-refractivity contribution in [3.05, 3.63) is 46.5 Å². The Morgan fingerprint density at radius 1 is 1.33 bits per heavy atom. The molecule has 0 aliphatic rings. The number of hydrogen-bond donors (Lipinski definition) is 1. The highest BCUT2D eigenvalue weighted by Crippen LogP contribution is 2.24. The molecule has 0 radical (unpaired) electrons. The highest BCUT2D eigenvalue weighted by molar-refractivity contribution is 6.42. The highest BCUT2D eigenvalue weighted by atomic mass is 35.5. The van der Waals surface area contributed by atoms with Crippen LogP contribution < -0.4 is 5.73 Å². The normalized spacial score (nSPS) is 12.6. The van der Waals surface area contributed by atoms with E-state index in [1.54, 1.807) is 18.2 Å². The summed E-state index contributed by atoms with van der Waals surface area (Å²) in [7, 11) is 0. The largest absolute Gasteiger partial charge is 0.321 e. The molecule has 0 saturated heterocycles. The minimum Gasteiger partial charge on any atom is -0.321 e. The van der Waals surface area contributed by atoms with Crippen LogP contribution in [0.3, 0.4) is 0 Å². The van der Waals surface area contributed by atoms with Crippen LogP contribution in [0.25, 0.3) is 0 Å². The van der Waals surface area contributed by atoms with E-state index in [4.69, 9.17) is 28.9 Å². The zero-order chi connectivity index (χ0) is 9.14. The van der Waals surface area contributed by atoms with Crippen molar-refractivity contribution in [1.29, 1.82) is 0 Å². The average Bonchev–Trinajstić information content (AvgIpc) is 2.08. The van der Waals surface area contributed by atoms with E-state index in [0.717, 1.165) is 5.56 Å². The van der Waals surface area contributed by atoms with Crippen molar-refractivity contribution in [3.8, 4) is 0 Å². The standard InChI is InChI=1S/C9H9Cl2N/c1-2-9(12)6-3-4-7(10)8(11)5-6/h2-5,9H,1,12H2. The molecule has 2 N–H and O–H groups in total. The Labute approximate surface area is 81.8 Å². The Kier molecular flexibility index (Phi) is 3.15. The van der Waals surface area contributed by atoms with Gasteiger partial charge in [-0.3, -0.25) is 0 Å². The van der Waals surface area contributed by atoms with E-state index in [1.165, 1.54) is 0 Å². The molecule has 3 heteroatoms. The number of halogens is 2. The first kappa shape index (κ1) is 9.59. The predicted octanol–water partition coefficient (Wildman–Crippen LogP) is 3.18. The summed E-state index contributed by atoms with van der Waals surface area (Å²) >= 11 is 11.5. The van der Waals surface area contributed by atoms with Crippen LogP contribution in [0.4, 0.5) is 0 Å². The Hall–Kier alpha value is -0.500. The van der Waals surface area contributed by atoms with Crippen LogP contribution in [0, 0.1) is 0 Å². The van der Waals surface area contributed by atoms with Gasteiger partial charge in [0.15, 0.2) is 0 Å². The van der Waals surface area contributed by atoms with Crippen molar-refractivity contribution in [3.63, 3.8) is 0 Å². The van der Waals surface area contributed by atoms with Crippen LogP contribution in [-0.4, -0.2) is 0 Å². The molecule has 1 nitrogen and oxygen atoms in total. The molecule has 64 valence electrons. The summed E-state index contributed by atoms with van der Waals surface area (Å²) in [5, 5.41) is 1.06. The fourth-order valence-electron chi connectivity index (χ4n) is 0.856. The number of benzene rings is 1. The van der Waals surface area contributed by atoms with Crippen LogP contribution in [0.1, 0.15) is 11.6 Å². The Balaban J connectivity index is 3.04. The number of hydrogen-bond acceptors (Lipinski definition) is 1. The third-order valence-electron chi connectivity index (χ3n) is 1.58. The van der Waals surface area contributed by atoms with Crippen molar-refractivity contribution in [1.82, 2.24) is 0 Å². The SMILES string of the molecule is C=CC(N)c1ccc(Cl)c(Cl)c1. The Bertz CT molecular complexity index is 297. The van der Waals surface area contributed by atoms with Gasteiger partial charge in [0.25, 0.3) is 0 Å². The molecule has 0 amide bonds. The lowest BCUT2D eigenvalue weighted by Gasteiger charge is -2.06. The Morgan fingerprint density at radius 3 is 2.50 bits per heavy atom. The monoisotopic (exact) mass is 201 g/mol. The van der Waals surface area contributed by atoms with Gasteiger partial charge in [-0.1, -0.05) is 35.3 Å². The lowest BCUT2D eigenvalue weighted by molar-refractivity contribution is 0.915. The van der Waals surface area contributed by atoms with Crippen molar-refractivity contribution >= 4 is 23.2 Å². The molecule has 0 saturated carbocycles. The minimum absolute atomic E-state index is 0.181. The summed E-state index contributed by atoms with van der Waals surface area (Å²) in [6.45, 7) is 3.59. The summed E-state index contributed by atoms with van der Waals surface area (Å²) < 4.78 is 0. The fraction of sp³-hybridized carbons (Fsp3) is 0.111. The molecule has 1 aromatic rings. The second kappa shape index (κ2) is 3.94. The molecule has 0 aromatic heterocycles. The van der Waals surface area contributed by atoms with E-state index >= 15 is 0 Å². The quantitative estimate of drug-likeness (QED) is 0.732. The fourth-order valence-corrected chi connectivity index (χ4v) is 1.16. The lowest BCUT2D eigenvalue weighted by Crippen LogP contribution is -2.05. The van der Waals surface area contributed by atoms with Gasteiger partial charge in [-0.2, -0.15) is 0 Å². The maximum absolute atomic E-state index is 5.79. The summed E-state index contributed by atoms with van der Waals surface area (Å²) in [6, 6.07) is 5.12. The van der Waals surface area contributed by atoms with E-state index < -0.39 is 0 Å². The zero-order valence-electron chi connectivity index (χ0n) is 6.43. The van der Waals surface area contributed by atoms with Crippen LogP contribution in [0.5, 0.6) is 0 Å². The molecular formula is C9H9Cl2N. The second-order valence-electron chi connectivity index (χ2n) is 2.44. The molecule has 1 aromatic carbocycles. The summed E-state index contributed by atoms with van der Waals surface area (Å²) in [5.41, 5.74) is 6.61. The van der Waals surface area contributed by atoms with Gasteiger partial charge < -0.3 is 5.73 Å². The van der Waals surface area contributed by atoms with E-state index in [-0.39, 0.29) is 6.04 Å². The van der Waals surface area contributed by atoms with Crippen molar-refractivity contribution in [2.24, 2.45) is 5.73 Å². The van der Waals surface area contributed by atoms with E-state index in [2.05, 4.69) is 6.58 Å². The Morgan fingerprint density at radius 2 is 2.00 bits per heavy atom. The summed E-state index contributed by atoms with van der Waals surface area (Å²) in [6.07, 6.45) is 1.65. The molecular weight excluding hydrogens is 193 g/mol. The van der Waals surface area contributed by atoms with Crippen LogP contribution in [0.15, 0.2) is 30.9 Å².